The monoisotopic (exact) mass is 513 g/mol. The van der Waals surface area contributed by atoms with Gasteiger partial charge in [-0.25, -0.2) is 4.79 Å². The fraction of sp³-hybridized carbons (Fsp3) is 0.194. The van der Waals surface area contributed by atoms with Crippen molar-refractivity contribution in [1.82, 2.24) is 4.98 Å². The van der Waals surface area contributed by atoms with E-state index in [1.54, 1.807) is 7.11 Å². The first-order chi connectivity index (χ1) is 18.1. The van der Waals surface area contributed by atoms with E-state index in [1.165, 1.54) is 0 Å². The van der Waals surface area contributed by atoms with Crippen LogP contribution in [0.1, 0.15) is 29.4 Å². The highest BCUT2D eigenvalue weighted by Crippen LogP contribution is 2.37. The molecule has 0 spiro atoms. The number of para-hydroxylation sites is 2. The number of carbonyl (C=O) groups is 1. The van der Waals surface area contributed by atoms with Crippen molar-refractivity contribution >= 4 is 39.2 Å². The van der Waals surface area contributed by atoms with Gasteiger partial charge in [0.2, 0.25) is 0 Å². The molecule has 0 amide bonds. The van der Waals surface area contributed by atoms with Gasteiger partial charge in [0.25, 0.3) is 0 Å². The van der Waals surface area contributed by atoms with Crippen LogP contribution >= 0.6 is 11.6 Å². The summed E-state index contributed by atoms with van der Waals surface area (Å²) < 4.78 is 17.1. The maximum atomic E-state index is 12.9. The second-order valence-electron chi connectivity index (χ2n) is 8.67. The summed E-state index contributed by atoms with van der Waals surface area (Å²) in [5, 5.41) is 3.64. The van der Waals surface area contributed by atoms with Crippen LogP contribution in [0.15, 0.2) is 78.9 Å². The molecule has 0 saturated carbocycles. The van der Waals surface area contributed by atoms with Gasteiger partial charge in [-0.15, -0.1) is 0 Å². The summed E-state index contributed by atoms with van der Waals surface area (Å²) in [5.41, 5.74) is 4.22. The van der Waals surface area contributed by atoms with E-state index in [2.05, 4.69) is 4.98 Å². The lowest BCUT2D eigenvalue weighted by atomic mass is 9.99. The zero-order valence-corrected chi connectivity index (χ0v) is 21.6. The Morgan fingerprint density at radius 1 is 0.838 bits per heavy atom. The van der Waals surface area contributed by atoms with Gasteiger partial charge in [0.1, 0.15) is 17.2 Å². The Morgan fingerprint density at radius 3 is 2.38 bits per heavy atom. The van der Waals surface area contributed by atoms with Gasteiger partial charge >= 0.3 is 5.97 Å². The van der Waals surface area contributed by atoms with Crippen LogP contribution in [0.5, 0.6) is 11.5 Å². The number of rotatable bonds is 9. The van der Waals surface area contributed by atoms with Gasteiger partial charge < -0.3 is 19.2 Å². The van der Waals surface area contributed by atoms with Crippen LogP contribution in [0.4, 0.5) is 0 Å². The molecule has 188 valence electrons. The summed E-state index contributed by atoms with van der Waals surface area (Å²) in [6.45, 7) is 2.61. The van der Waals surface area contributed by atoms with Crippen LogP contribution in [0.2, 0.25) is 5.02 Å². The standard InChI is InChI=1S/C31H28ClNO4/c1-3-36-31(34)30-25(15-9-19-37-28-18-17-26(32)20-10-4-5-11-21(20)28)24-14-8-13-23(29(24)33-30)22-12-6-7-16-27(22)35-2/h4-8,10-14,16-18,33H,3,9,15,19H2,1-2H3. The van der Waals surface area contributed by atoms with E-state index >= 15 is 0 Å². The number of ether oxygens (including phenoxy) is 3. The average Bonchev–Trinajstić information content (AvgIpc) is 3.31. The number of nitrogens with one attached hydrogen (secondary N) is 1. The van der Waals surface area contributed by atoms with E-state index in [0.29, 0.717) is 30.4 Å². The Bertz CT molecular complexity index is 1570. The number of methoxy groups -OCH3 is 1. The summed E-state index contributed by atoms with van der Waals surface area (Å²) in [7, 11) is 1.66. The summed E-state index contributed by atoms with van der Waals surface area (Å²) >= 11 is 6.35. The van der Waals surface area contributed by atoms with E-state index in [1.807, 2.05) is 85.8 Å². The van der Waals surface area contributed by atoms with Crippen LogP contribution in [0.25, 0.3) is 32.8 Å². The molecular weight excluding hydrogens is 486 g/mol. The van der Waals surface area contributed by atoms with Crippen molar-refractivity contribution in [1.29, 1.82) is 0 Å². The van der Waals surface area contributed by atoms with E-state index < -0.39 is 0 Å². The molecule has 0 aliphatic heterocycles. The number of aromatic amines is 1. The Hall–Kier alpha value is -3.96. The largest absolute Gasteiger partial charge is 0.496 e. The molecule has 0 saturated heterocycles. The van der Waals surface area contributed by atoms with Crippen molar-refractivity contribution in [3.05, 3.63) is 95.1 Å². The fourth-order valence-electron chi connectivity index (χ4n) is 4.79. The minimum Gasteiger partial charge on any atom is -0.496 e. The zero-order chi connectivity index (χ0) is 25.8. The lowest BCUT2D eigenvalue weighted by Gasteiger charge is -2.11. The molecule has 5 rings (SSSR count). The predicted octanol–water partition coefficient (Wildman–Crippen LogP) is 7.84. The molecule has 1 heterocycles. The van der Waals surface area contributed by atoms with Gasteiger partial charge in [0.05, 0.1) is 25.8 Å². The van der Waals surface area contributed by atoms with Gasteiger partial charge in [-0.2, -0.15) is 0 Å². The maximum absolute atomic E-state index is 12.9. The first kappa shape index (κ1) is 24.7. The number of hydrogen-bond acceptors (Lipinski definition) is 4. The Balaban J connectivity index is 1.45. The van der Waals surface area contributed by atoms with Crippen molar-refractivity contribution in [2.75, 3.05) is 20.3 Å². The number of aromatic nitrogens is 1. The third-order valence-corrected chi connectivity index (χ3v) is 6.81. The smallest absolute Gasteiger partial charge is 0.355 e. The number of carbonyl (C=O) groups excluding carboxylic acids is 1. The molecule has 0 aliphatic carbocycles. The number of aryl methyl sites for hydroxylation is 1. The molecule has 5 aromatic rings. The molecule has 0 aliphatic rings. The molecule has 6 heteroatoms. The van der Waals surface area contributed by atoms with Gasteiger partial charge in [-0.3, -0.25) is 0 Å². The molecule has 1 N–H and O–H groups in total. The normalized spacial score (nSPS) is 11.1. The highest BCUT2D eigenvalue weighted by molar-refractivity contribution is 6.35. The first-order valence-corrected chi connectivity index (χ1v) is 12.7. The molecular formula is C31H28ClNO4. The number of H-pyrrole nitrogens is 1. The SMILES string of the molecule is CCOC(=O)c1[nH]c2c(-c3ccccc3OC)cccc2c1CCCOc1ccc(Cl)c2ccccc12. The fourth-order valence-corrected chi connectivity index (χ4v) is 5.02. The maximum Gasteiger partial charge on any atom is 0.355 e. The third kappa shape index (κ3) is 4.87. The molecule has 0 radical (unpaired) electrons. The number of halogens is 1. The quantitative estimate of drug-likeness (QED) is 0.161. The molecule has 37 heavy (non-hydrogen) atoms. The highest BCUT2D eigenvalue weighted by atomic mass is 35.5. The van der Waals surface area contributed by atoms with Crippen molar-refractivity contribution in [2.24, 2.45) is 0 Å². The summed E-state index contributed by atoms with van der Waals surface area (Å²) in [4.78, 5) is 16.3. The molecule has 0 bridgehead atoms. The summed E-state index contributed by atoms with van der Waals surface area (Å²) in [6.07, 6.45) is 1.37. The van der Waals surface area contributed by atoms with Gasteiger partial charge in [-0.1, -0.05) is 72.3 Å². The van der Waals surface area contributed by atoms with Crippen LogP contribution < -0.4 is 9.47 Å². The Kier molecular flexibility index (Phi) is 7.33. The zero-order valence-electron chi connectivity index (χ0n) is 20.8. The molecule has 5 nitrogen and oxygen atoms in total. The second-order valence-corrected chi connectivity index (χ2v) is 9.08. The molecule has 0 atom stereocenters. The minimum atomic E-state index is -0.357. The van der Waals surface area contributed by atoms with Gasteiger partial charge in [0.15, 0.2) is 0 Å². The van der Waals surface area contributed by atoms with Crippen molar-refractivity contribution in [3.63, 3.8) is 0 Å². The average molecular weight is 514 g/mol. The van der Waals surface area contributed by atoms with Crippen molar-refractivity contribution in [3.8, 4) is 22.6 Å². The molecule has 0 fully saturated rings. The van der Waals surface area contributed by atoms with Crippen LogP contribution in [0, 0.1) is 0 Å². The van der Waals surface area contributed by atoms with E-state index in [4.69, 9.17) is 25.8 Å². The van der Waals surface area contributed by atoms with Crippen LogP contribution in [-0.2, 0) is 11.2 Å². The lowest BCUT2D eigenvalue weighted by Crippen LogP contribution is -2.09. The molecule has 1 aromatic heterocycles. The number of esters is 1. The molecule has 0 unspecified atom stereocenters. The molecule has 4 aromatic carbocycles. The highest BCUT2D eigenvalue weighted by Gasteiger charge is 2.21. The van der Waals surface area contributed by atoms with E-state index in [0.717, 1.165) is 56.3 Å². The van der Waals surface area contributed by atoms with Crippen molar-refractivity contribution in [2.45, 2.75) is 19.8 Å². The second kappa shape index (κ2) is 11.0. The Labute approximate surface area is 220 Å². The third-order valence-electron chi connectivity index (χ3n) is 6.48. The first-order valence-electron chi connectivity index (χ1n) is 12.4. The number of benzene rings is 4. The topological polar surface area (TPSA) is 60.6 Å². The number of hydrogen-bond donors (Lipinski definition) is 1. The summed E-state index contributed by atoms with van der Waals surface area (Å²) in [5.74, 6) is 1.21. The Morgan fingerprint density at radius 2 is 1.57 bits per heavy atom. The van der Waals surface area contributed by atoms with Crippen LogP contribution in [-0.4, -0.2) is 31.3 Å². The van der Waals surface area contributed by atoms with Gasteiger partial charge in [-0.05, 0) is 43.5 Å². The van der Waals surface area contributed by atoms with Crippen LogP contribution in [0.3, 0.4) is 0 Å². The van der Waals surface area contributed by atoms with Gasteiger partial charge in [0, 0.05) is 32.3 Å². The van der Waals surface area contributed by atoms with E-state index in [-0.39, 0.29) is 5.97 Å². The predicted molar refractivity (Wildman–Crippen MR) is 149 cm³/mol. The minimum absolute atomic E-state index is 0.305. The number of fused-ring (bicyclic) bond motifs is 2. The lowest BCUT2D eigenvalue weighted by molar-refractivity contribution is 0.0519. The van der Waals surface area contributed by atoms with Crippen molar-refractivity contribution < 1.29 is 19.0 Å². The van der Waals surface area contributed by atoms with E-state index in [9.17, 15) is 4.79 Å². The summed E-state index contributed by atoms with van der Waals surface area (Å²) in [6, 6.07) is 25.6.